The number of anilines is 2. The number of methoxy groups -OCH3 is 1. The van der Waals surface area contributed by atoms with Gasteiger partial charge in [0.1, 0.15) is 16.7 Å². The van der Waals surface area contributed by atoms with E-state index in [0.717, 1.165) is 10.5 Å². The number of H-pyrrole nitrogens is 1. The zero-order valence-corrected chi connectivity index (χ0v) is 18.4. The number of aromatic nitrogens is 3. The molecular formula is C20H21Cl2N5O4. The number of ether oxygens (including phenoxy) is 1. The van der Waals surface area contributed by atoms with Crippen LogP contribution < -0.4 is 21.9 Å². The molecule has 31 heavy (non-hydrogen) atoms. The number of nitrogen functional groups attached to an aromatic ring is 1. The second kappa shape index (κ2) is 9.42. The molecule has 1 amide bonds. The number of amides is 1. The number of hydrogen-bond acceptors (Lipinski definition) is 5. The highest BCUT2D eigenvalue weighted by molar-refractivity contribution is 6.42. The Kier molecular flexibility index (Phi) is 6.89. The highest BCUT2D eigenvalue weighted by Crippen LogP contribution is 2.27. The molecule has 0 saturated heterocycles. The van der Waals surface area contributed by atoms with Crippen LogP contribution in [0.3, 0.4) is 0 Å². The summed E-state index contributed by atoms with van der Waals surface area (Å²) in [6, 6.07) is 10.5. The minimum absolute atomic E-state index is 0.00652. The van der Waals surface area contributed by atoms with Gasteiger partial charge in [-0.3, -0.25) is 24.0 Å². The van der Waals surface area contributed by atoms with Crippen LogP contribution in [0.2, 0.25) is 10.2 Å². The lowest BCUT2D eigenvalue weighted by Crippen LogP contribution is -2.43. The van der Waals surface area contributed by atoms with Crippen LogP contribution in [0.25, 0.3) is 0 Å². The number of nitrogens with one attached hydrogen (secondary N) is 1. The third kappa shape index (κ3) is 4.53. The summed E-state index contributed by atoms with van der Waals surface area (Å²) >= 11 is 12.1. The summed E-state index contributed by atoms with van der Waals surface area (Å²) in [6.45, 7) is 0.240. The van der Waals surface area contributed by atoms with Crippen LogP contribution in [0.5, 0.6) is 0 Å². The smallest absolute Gasteiger partial charge is 0.330 e. The Balaban J connectivity index is 2.14. The summed E-state index contributed by atoms with van der Waals surface area (Å²) in [5.74, 6) is -0.719. The van der Waals surface area contributed by atoms with Gasteiger partial charge in [-0.15, -0.1) is 0 Å². The van der Waals surface area contributed by atoms with Gasteiger partial charge >= 0.3 is 5.69 Å². The molecule has 0 spiro atoms. The fourth-order valence-corrected chi connectivity index (χ4v) is 3.52. The summed E-state index contributed by atoms with van der Waals surface area (Å²) < 4.78 is 7.69. The van der Waals surface area contributed by atoms with Crippen LogP contribution in [-0.4, -0.2) is 40.3 Å². The Morgan fingerprint density at radius 2 is 1.90 bits per heavy atom. The molecular weight excluding hydrogens is 445 g/mol. The van der Waals surface area contributed by atoms with E-state index in [0.29, 0.717) is 0 Å². The molecule has 1 aromatic carbocycles. The van der Waals surface area contributed by atoms with Crippen molar-refractivity contribution in [2.24, 2.45) is 7.05 Å². The molecule has 0 saturated carbocycles. The van der Waals surface area contributed by atoms with Crippen molar-refractivity contribution in [3.63, 3.8) is 0 Å². The van der Waals surface area contributed by atoms with Crippen LogP contribution >= 0.6 is 23.2 Å². The number of aromatic amines is 1. The van der Waals surface area contributed by atoms with Crippen LogP contribution in [0.1, 0.15) is 16.1 Å². The largest absolute Gasteiger partial charge is 0.383 e. The minimum Gasteiger partial charge on any atom is -0.383 e. The monoisotopic (exact) mass is 465 g/mol. The fourth-order valence-electron chi connectivity index (χ4n) is 3.14. The van der Waals surface area contributed by atoms with Gasteiger partial charge in [-0.2, -0.15) is 0 Å². The Bertz CT molecular complexity index is 1220. The normalized spacial score (nSPS) is 11.0. The quantitative estimate of drug-likeness (QED) is 0.554. The second-order valence-corrected chi connectivity index (χ2v) is 7.51. The molecule has 3 rings (SSSR count). The van der Waals surface area contributed by atoms with Gasteiger partial charge in [0, 0.05) is 20.7 Å². The summed E-state index contributed by atoms with van der Waals surface area (Å²) in [4.78, 5) is 41.9. The van der Waals surface area contributed by atoms with Crippen molar-refractivity contribution in [2.75, 3.05) is 30.9 Å². The molecule has 3 N–H and O–H groups in total. The van der Waals surface area contributed by atoms with Crippen molar-refractivity contribution >= 4 is 40.6 Å². The van der Waals surface area contributed by atoms with Crippen molar-refractivity contribution in [1.82, 2.24) is 14.1 Å². The first-order chi connectivity index (χ1) is 14.8. The molecule has 0 radical (unpaired) electrons. The SMILES string of the molecule is COCCN(C(=O)c1cc(Cl)c(Cl)n1C)c1c(N)n(Cc2ccccc2)c(=O)[nH]c1=O. The van der Waals surface area contributed by atoms with Crippen molar-refractivity contribution in [1.29, 1.82) is 0 Å². The number of carbonyl (C=O) groups is 1. The van der Waals surface area contributed by atoms with Gasteiger partial charge in [0.15, 0.2) is 5.69 Å². The Morgan fingerprint density at radius 1 is 1.23 bits per heavy atom. The number of benzene rings is 1. The zero-order valence-electron chi connectivity index (χ0n) is 16.9. The third-order valence-electron chi connectivity index (χ3n) is 4.77. The molecule has 0 bridgehead atoms. The summed E-state index contributed by atoms with van der Waals surface area (Å²) in [6.07, 6.45) is 0. The van der Waals surface area contributed by atoms with Crippen LogP contribution in [0.4, 0.5) is 11.5 Å². The first kappa shape index (κ1) is 22.7. The Hall–Kier alpha value is -3.01. The Morgan fingerprint density at radius 3 is 2.48 bits per heavy atom. The lowest BCUT2D eigenvalue weighted by atomic mass is 10.2. The van der Waals surface area contributed by atoms with Crippen molar-refractivity contribution in [3.8, 4) is 0 Å². The summed E-state index contributed by atoms with van der Waals surface area (Å²) in [7, 11) is 3.03. The molecule has 9 nitrogen and oxygen atoms in total. The van der Waals surface area contributed by atoms with E-state index in [1.54, 1.807) is 7.05 Å². The first-order valence-electron chi connectivity index (χ1n) is 9.24. The summed E-state index contributed by atoms with van der Waals surface area (Å²) in [5.41, 5.74) is 5.55. The summed E-state index contributed by atoms with van der Waals surface area (Å²) in [5, 5.41) is 0.364. The molecule has 0 unspecified atom stereocenters. The average molecular weight is 466 g/mol. The number of carbonyl (C=O) groups excluding carboxylic acids is 1. The van der Waals surface area contributed by atoms with Crippen molar-refractivity contribution in [3.05, 3.63) is 78.7 Å². The van der Waals surface area contributed by atoms with Gasteiger partial charge in [0.2, 0.25) is 0 Å². The predicted molar refractivity (Wildman–Crippen MR) is 120 cm³/mol. The molecule has 11 heteroatoms. The number of nitrogens with zero attached hydrogens (tertiary/aromatic N) is 3. The van der Waals surface area contributed by atoms with E-state index in [1.165, 1.54) is 22.3 Å². The fraction of sp³-hybridized carbons (Fsp3) is 0.250. The molecule has 0 aliphatic heterocycles. The zero-order chi connectivity index (χ0) is 22.7. The van der Waals surface area contributed by atoms with Gasteiger partial charge < -0.3 is 15.0 Å². The molecule has 2 aromatic heterocycles. The topological polar surface area (TPSA) is 115 Å². The molecule has 0 aliphatic carbocycles. The van der Waals surface area contributed by atoms with E-state index >= 15 is 0 Å². The van der Waals surface area contributed by atoms with Crippen molar-refractivity contribution < 1.29 is 9.53 Å². The van der Waals surface area contributed by atoms with Gasteiger partial charge in [-0.25, -0.2) is 4.79 Å². The standard InChI is InChI=1S/C20H21Cl2N5O4/c1-25-14(10-13(21)16(25)22)19(29)26(8-9-31-2)15-17(23)27(20(30)24-18(15)28)11-12-6-4-3-5-7-12/h3-7,10H,8-9,11,23H2,1-2H3,(H,24,28,30). The second-order valence-electron chi connectivity index (χ2n) is 6.74. The maximum atomic E-state index is 13.3. The van der Waals surface area contributed by atoms with E-state index in [-0.39, 0.29) is 47.1 Å². The third-order valence-corrected chi connectivity index (χ3v) is 5.61. The lowest BCUT2D eigenvalue weighted by molar-refractivity contribution is 0.0967. The highest BCUT2D eigenvalue weighted by Gasteiger charge is 2.28. The van der Waals surface area contributed by atoms with E-state index in [4.69, 9.17) is 33.7 Å². The van der Waals surface area contributed by atoms with Crippen molar-refractivity contribution in [2.45, 2.75) is 6.54 Å². The predicted octanol–water partition coefficient (Wildman–Crippen LogP) is 2.11. The molecule has 0 fully saturated rings. The lowest BCUT2D eigenvalue weighted by Gasteiger charge is -2.24. The van der Waals surface area contributed by atoms with E-state index in [2.05, 4.69) is 4.98 Å². The molecule has 0 atom stereocenters. The van der Waals surface area contributed by atoms with Crippen LogP contribution in [0, 0.1) is 0 Å². The molecule has 0 aliphatic rings. The van der Waals surface area contributed by atoms with Gasteiger partial charge in [0.05, 0.1) is 18.2 Å². The highest BCUT2D eigenvalue weighted by atomic mass is 35.5. The minimum atomic E-state index is -0.789. The number of nitrogens with two attached hydrogens (primary N) is 1. The molecule has 2 heterocycles. The molecule has 164 valence electrons. The maximum absolute atomic E-state index is 13.3. The number of rotatable bonds is 7. The maximum Gasteiger partial charge on any atom is 0.330 e. The first-order valence-corrected chi connectivity index (χ1v) is 9.99. The van der Waals surface area contributed by atoms with Gasteiger partial charge in [-0.05, 0) is 11.6 Å². The van der Waals surface area contributed by atoms with Gasteiger partial charge in [-0.1, -0.05) is 53.5 Å². The van der Waals surface area contributed by atoms with E-state index in [1.807, 2.05) is 30.3 Å². The average Bonchev–Trinajstić information content (AvgIpc) is 3.01. The van der Waals surface area contributed by atoms with E-state index in [9.17, 15) is 14.4 Å². The van der Waals surface area contributed by atoms with E-state index < -0.39 is 17.2 Å². The number of hydrogen-bond donors (Lipinski definition) is 2. The molecule has 3 aromatic rings. The Labute approximate surface area is 187 Å². The van der Waals surface area contributed by atoms with Crippen LogP contribution in [0.15, 0.2) is 46.0 Å². The number of halogens is 2. The van der Waals surface area contributed by atoms with Gasteiger partial charge in [0.25, 0.3) is 11.5 Å². The van der Waals surface area contributed by atoms with Crippen LogP contribution in [-0.2, 0) is 18.3 Å².